The van der Waals surface area contributed by atoms with Crippen molar-refractivity contribution in [3.05, 3.63) is 0 Å². The number of carboxylic acid groups (broad SMARTS) is 1. The Morgan fingerprint density at radius 2 is 2.23 bits per heavy atom. The van der Waals surface area contributed by atoms with Gasteiger partial charge in [0.25, 0.3) is 0 Å². The largest absolute Gasteiger partial charge is 0.480 e. The summed E-state index contributed by atoms with van der Waals surface area (Å²) in [4.78, 5) is 23.9. The Morgan fingerprint density at radius 1 is 1.62 bits per heavy atom. The molecule has 0 radical (unpaired) electrons. The van der Waals surface area contributed by atoms with Crippen molar-refractivity contribution in [2.45, 2.75) is 18.9 Å². The first-order chi connectivity index (χ1) is 6.07. The summed E-state index contributed by atoms with van der Waals surface area (Å²) in [5, 5.41) is 8.39. The standard InChI is InChI=1S/C7H13N3O3/c8-5(7(12)13)2-1-3-10-6(9)4-11/h4-5H,1-3,8H2,(H2,9,10)(H,12,13)/t5-/m0/s1. The lowest BCUT2D eigenvalue weighted by atomic mass is 10.2. The highest BCUT2D eigenvalue weighted by Gasteiger charge is 2.09. The van der Waals surface area contributed by atoms with E-state index in [0.29, 0.717) is 25.7 Å². The van der Waals surface area contributed by atoms with Crippen molar-refractivity contribution in [1.82, 2.24) is 0 Å². The molecule has 0 aliphatic carbocycles. The van der Waals surface area contributed by atoms with Gasteiger partial charge in [-0.25, -0.2) is 0 Å². The van der Waals surface area contributed by atoms with E-state index < -0.39 is 12.0 Å². The van der Waals surface area contributed by atoms with Crippen LogP contribution in [0.4, 0.5) is 0 Å². The first-order valence-electron chi connectivity index (χ1n) is 3.81. The van der Waals surface area contributed by atoms with Gasteiger partial charge in [-0.2, -0.15) is 0 Å². The zero-order valence-corrected chi connectivity index (χ0v) is 7.14. The molecule has 1 atom stereocenters. The summed E-state index contributed by atoms with van der Waals surface area (Å²) < 4.78 is 0. The number of rotatable bonds is 6. The minimum atomic E-state index is -1.03. The molecule has 5 N–H and O–H groups in total. The van der Waals surface area contributed by atoms with Gasteiger partial charge < -0.3 is 16.6 Å². The number of amidine groups is 1. The molecule has 13 heavy (non-hydrogen) atoms. The van der Waals surface area contributed by atoms with E-state index in [9.17, 15) is 9.59 Å². The van der Waals surface area contributed by atoms with Crippen LogP contribution < -0.4 is 11.5 Å². The summed E-state index contributed by atoms with van der Waals surface area (Å²) in [6.07, 6.45) is 1.27. The average Bonchev–Trinajstić information content (AvgIpc) is 2.11. The number of nitrogens with zero attached hydrogens (tertiary/aromatic N) is 1. The maximum Gasteiger partial charge on any atom is 0.320 e. The number of carbonyl (C=O) groups is 2. The fourth-order valence-corrected chi connectivity index (χ4v) is 0.680. The van der Waals surface area contributed by atoms with Crippen molar-refractivity contribution in [1.29, 1.82) is 0 Å². The first-order valence-corrected chi connectivity index (χ1v) is 3.81. The maximum absolute atomic E-state index is 10.2. The molecule has 0 aliphatic heterocycles. The van der Waals surface area contributed by atoms with E-state index in [1.807, 2.05) is 0 Å². The van der Waals surface area contributed by atoms with Gasteiger partial charge in [0.2, 0.25) is 0 Å². The number of nitrogens with two attached hydrogens (primary N) is 2. The summed E-state index contributed by atoms with van der Waals surface area (Å²) in [5.41, 5.74) is 10.3. The van der Waals surface area contributed by atoms with Crippen LogP contribution in [0.3, 0.4) is 0 Å². The third-order valence-corrected chi connectivity index (χ3v) is 1.41. The second kappa shape index (κ2) is 6.13. The van der Waals surface area contributed by atoms with Gasteiger partial charge in [0.15, 0.2) is 12.1 Å². The van der Waals surface area contributed by atoms with Crippen LogP contribution in [0.5, 0.6) is 0 Å². The third-order valence-electron chi connectivity index (χ3n) is 1.41. The number of carboxylic acids is 1. The van der Waals surface area contributed by atoms with E-state index >= 15 is 0 Å². The topological polar surface area (TPSA) is 119 Å². The molecule has 0 unspecified atom stereocenters. The number of aliphatic imine (C=N–C) groups is 1. The molecule has 0 aromatic carbocycles. The lowest BCUT2D eigenvalue weighted by molar-refractivity contribution is -0.138. The SMILES string of the molecule is NC(C=O)=NCCC[C@H](N)C(=O)O. The fraction of sp³-hybridized carbons (Fsp3) is 0.571. The highest BCUT2D eigenvalue weighted by atomic mass is 16.4. The third kappa shape index (κ3) is 5.80. The molecule has 0 fully saturated rings. The first kappa shape index (κ1) is 11.6. The minimum Gasteiger partial charge on any atom is -0.480 e. The van der Waals surface area contributed by atoms with Crippen molar-refractivity contribution >= 4 is 18.1 Å². The predicted molar refractivity (Wildman–Crippen MR) is 47.4 cm³/mol. The maximum atomic E-state index is 10.2. The molecule has 6 heteroatoms. The molecule has 0 aliphatic rings. The lowest BCUT2D eigenvalue weighted by Crippen LogP contribution is -2.30. The van der Waals surface area contributed by atoms with Crippen LogP contribution in [0.25, 0.3) is 0 Å². The van der Waals surface area contributed by atoms with Crippen LogP contribution in [-0.2, 0) is 9.59 Å². The number of hydrogen-bond donors (Lipinski definition) is 3. The molecule has 74 valence electrons. The molecule has 0 amide bonds. The van der Waals surface area contributed by atoms with Crippen LogP contribution in [0.2, 0.25) is 0 Å². The zero-order chi connectivity index (χ0) is 10.3. The summed E-state index contributed by atoms with van der Waals surface area (Å²) in [5.74, 6) is -1.11. The molecule has 0 saturated carbocycles. The molecular formula is C7H13N3O3. The second-order valence-electron chi connectivity index (χ2n) is 2.51. The second-order valence-corrected chi connectivity index (χ2v) is 2.51. The molecular weight excluding hydrogens is 174 g/mol. The van der Waals surface area contributed by atoms with Gasteiger partial charge in [-0.05, 0) is 12.8 Å². The van der Waals surface area contributed by atoms with E-state index in [1.54, 1.807) is 0 Å². The number of hydrogen-bond acceptors (Lipinski definition) is 4. The van der Waals surface area contributed by atoms with Gasteiger partial charge in [0.05, 0.1) is 0 Å². The smallest absolute Gasteiger partial charge is 0.320 e. The Bertz CT molecular complexity index is 215. The van der Waals surface area contributed by atoms with Crippen molar-refractivity contribution in [2.24, 2.45) is 16.5 Å². The quantitative estimate of drug-likeness (QED) is 0.207. The van der Waals surface area contributed by atoms with Crippen LogP contribution in [-0.4, -0.2) is 35.8 Å². The molecule has 0 aromatic rings. The summed E-state index contributed by atoms with van der Waals surface area (Å²) >= 11 is 0. The number of aliphatic carboxylic acids is 1. The molecule has 0 rings (SSSR count). The van der Waals surface area contributed by atoms with E-state index in [1.165, 1.54) is 0 Å². The Morgan fingerprint density at radius 3 is 2.69 bits per heavy atom. The Labute approximate surface area is 75.6 Å². The lowest BCUT2D eigenvalue weighted by Gasteiger charge is -2.03. The van der Waals surface area contributed by atoms with Gasteiger partial charge in [0, 0.05) is 6.54 Å². The Hall–Kier alpha value is -1.43. The van der Waals surface area contributed by atoms with Gasteiger partial charge in [-0.15, -0.1) is 0 Å². The van der Waals surface area contributed by atoms with Crippen molar-refractivity contribution in [3.63, 3.8) is 0 Å². The average molecular weight is 187 g/mol. The summed E-state index contributed by atoms with van der Waals surface area (Å²) in [6.45, 7) is 0.325. The van der Waals surface area contributed by atoms with Crippen LogP contribution in [0.15, 0.2) is 4.99 Å². The monoisotopic (exact) mass is 187 g/mol. The van der Waals surface area contributed by atoms with Crippen LogP contribution in [0.1, 0.15) is 12.8 Å². The number of carbonyl (C=O) groups excluding carboxylic acids is 1. The van der Waals surface area contributed by atoms with Crippen molar-refractivity contribution in [2.75, 3.05) is 6.54 Å². The van der Waals surface area contributed by atoms with E-state index in [2.05, 4.69) is 4.99 Å². The van der Waals surface area contributed by atoms with Gasteiger partial charge in [0.1, 0.15) is 6.04 Å². The summed E-state index contributed by atoms with van der Waals surface area (Å²) in [7, 11) is 0. The molecule has 0 heterocycles. The fourth-order valence-electron chi connectivity index (χ4n) is 0.680. The predicted octanol–water partition coefficient (Wildman–Crippen LogP) is -1.27. The summed E-state index contributed by atoms with van der Waals surface area (Å²) in [6, 6.07) is -0.868. The Kier molecular flexibility index (Phi) is 5.45. The molecule has 0 bridgehead atoms. The van der Waals surface area contributed by atoms with Crippen LogP contribution >= 0.6 is 0 Å². The van der Waals surface area contributed by atoms with Gasteiger partial charge in [-0.1, -0.05) is 0 Å². The van der Waals surface area contributed by atoms with E-state index in [4.69, 9.17) is 16.6 Å². The van der Waals surface area contributed by atoms with Crippen molar-refractivity contribution < 1.29 is 14.7 Å². The van der Waals surface area contributed by atoms with E-state index in [-0.39, 0.29) is 5.84 Å². The van der Waals surface area contributed by atoms with Gasteiger partial charge >= 0.3 is 5.97 Å². The zero-order valence-electron chi connectivity index (χ0n) is 7.14. The minimum absolute atomic E-state index is 0.0797. The molecule has 0 aromatic heterocycles. The molecule has 0 saturated heterocycles. The highest BCUT2D eigenvalue weighted by Crippen LogP contribution is 1.94. The molecule has 0 spiro atoms. The van der Waals surface area contributed by atoms with Gasteiger partial charge in [-0.3, -0.25) is 14.6 Å². The normalized spacial score (nSPS) is 13.8. The van der Waals surface area contributed by atoms with Crippen molar-refractivity contribution in [3.8, 4) is 0 Å². The highest BCUT2D eigenvalue weighted by molar-refractivity contribution is 6.26. The number of aldehydes is 1. The Balaban J connectivity index is 3.57. The van der Waals surface area contributed by atoms with E-state index in [0.717, 1.165) is 0 Å². The van der Waals surface area contributed by atoms with Crippen LogP contribution in [0, 0.1) is 0 Å². The molecule has 6 nitrogen and oxygen atoms in total.